The van der Waals surface area contributed by atoms with Crippen molar-refractivity contribution in [3.05, 3.63) is 56.9 Å². The number of esters is 1. The first kappa shape index (κ1) is 32.9. The standard InChI is InChI=1S/C33H38N4O6.ClH.H2O/c1-3-22-23-16-21(43-32(40)36-14-10-20(11-15-36)35-12-6-5-7-13-35)8-9-27(23)34-29-24(22)18-37-28(29)17-26-25(30(37)38)19-42-31(39)33(26,41)4-2;;/h8-9,16-17,20,41H,3-7,10-15,18-19H2,1-2H3;1H;1H2/p-1/t33-;;/m0../s1. The monoisotopic (exact) mass is 639 g/mol. The van der Waals surface area contributed by atoms with E-state index < -0.39 is 11.6 Å². The molecule has 0 spiro atoms. The Kier molecular flexibility index (Phi) is 9.28. The van der Waals surface area contributed by atoms with Crippen molar-refractivity contribution in [3.8, 4) is 17.1 Å². The van der Waals surface area contributed by atoms with Crippen LogP contribution in [0.25, 0.3) is 22.3 Å². The second-order valence-corrected chi connectivity index (χ2v) is 12.2. The van der Waals surface area contributed by atoms with Crippen LogP contribution in [-0.4, -0.2) is 74.2 Å². The van der Waals surface area contributed by atoms with Crippen LogP contribution in [0.1, 0.15) is 74.6 Å². The lowest BCUT2D eigenvalue weighted by molar-refractivity contribution is -0.172. The van der Waals surface area contributed by atoms with Crippen LogP contribution in [0.4, 0.5) is 4.79 Å². The van der Waals surface area contributed by atoms with E-state index >= 15 is 0 Å². The molecule has 6 heterocycles. The van der Waals surface area contributed by atoms with E-state index in [2.05, 4.69) is 11.8 Å². The number of likely N-dealkylation sites (tertiary alicyclic amines) is 2. The van der Waals surface area contributed by atoms with Crippen molar-refractivity contribution in [2.45, 2.75) is 83.6 Å². The predicted molar refractivity (Wildman–Crippen MR) is 164 cm³/mol. The van der Waals surface area contributed by atoms with Crippen LogP contribution in [0.3, 0.4) is 0 Å². The smallest absolute Gasteiger partial charge is 0.415 e. The zero-order chi connectivity index (χ0) is 29.9. The summed E-state index contributed by atoms with van der Waals surface area (Å²) in [5.41, 5.74) is 2.38. The lowest BCUT2D eigenvalue weighted by Gasteiger charge is -2.39. The van der Waals surface area contributed by atoms with Crippen LogP contribution >= 0.6 is 0 Å². The Morgan fingerprint density at radius 2 is 1.80 bits per heavy atom. The highest BCUT2D eigenvalue weighted by atomic mass is 35.5. The summed E-state index contributed by atoms with van der Waals surface area (Å²) in [6.45, 7) is 7.65. The van der Waals surface area contributed by atoms with Crippen LogP contribution < -0.4 is 22.7 Å². The zero-order valence-corrected chi connectivity index (χ0v) is 26.5. The Balaban J connectivity index is 0.00000200. The number of piperidine rings is 2. The Bertz CT molecular complexity index is 1690. The van der Waals surface area contributed by atoms with E-state index in [4.69, 9.17) is 14.5 Å². The highest BCUT2D eigenvalue weighted by Crippen LogP contribution is 2.40. The number of amides is 1. The number of pyridine rings is 2. The van der Waals surface area contributed by atoms with Gasteiger partial charge < -0.3 is 46.8 Å². The van der Waals surface area contributed by atoms with Crippen molar-refractivity contribution in [1.29, 1.82) is 0 Å². The molecule has 1 amide bonds. The first-order valence-electron chi connectivity index (χ1n) is 15.7. The van der Waals surface area contributed by atoms with E-state index in [1.807, 2.05) is 17.0 Å². The highest BCUT2D eigenvalue weighted by Gasteiger charge is 2.45. The summed E-state index contributed by atoms with van der Waals surface area (Å²) >= 11 is 0. The number of carbonyl (C=O) groups excluding carboxylic acids is 2. The van der Waals surface area contributed by atoms with Gasteiger partial charge in [0.15, 0.2) is 5.60 Å². The molecule has 1 atom stereocenters. The zero-order valence-electron chi connectivity index (χ0n) is 25.7. The van der Waals surface area contributed by atoms with E-state index in [-0.39, 0.29) is 42.6 Å². The third kappa shape index (κ3) is 5.39. The van der Waals surface area contributed by atoms with Gasteiger partial charge in [0.25, 0.3) is 5.56 Å². The first-order chi connectivity index (χ1) is 20.8. The molecule has 3 aromatic rings. The summed E-state index contributed by atoms with van der Waals surface area (Å²) in [5.74, 6) is -0.266. The summed E-state index contributed by atoms with van der Waals surface area (Å²) in [6.07, 6.45) is 6.26. The maximum Gasteiger partial charge on any atom is 0.415 e. The number of nitrogens with zero attached hydrogens (tertiary/aromatic N) is 4. The Morgan fingerprint density at radius 3 is 2.49 bits per heavy atom. The minimum atomic E-state index is -1.86. The number of hydrogen-bond acceptors (Lipinski definition) is 8. The van der Waals surface area contributed by atoms with Gasteiger partial charge in [0.05, 0.1) is 29.0 Å². The summed E-state index contributed by atoms with van der Waals surface area (Å²) < 4.78 is 12.7. The minimum absolute atomic E-state index is 0. The summed E-state index contributed by atoms with van der Waals surface area (Å²) in [6, 6.07) is 7.77. The summed E-state index contributed by atoms with van der Waals surface area (Å²) in [5, 5.41) is 12.0. The molecule has 3 N–H and O–H groups in total. The molecule has 2 saturated heterocycles. The van der Waals surface area contributed by atoms with Gasteiger partial charge >= 0.3 is 12.1 Å². The van der Waals surface area contributed by atoms with Gasteiger partial charge in [-0.05, 0) is 81.4 Å². The molecule has 2 fully saturated rings. The number of cyclic esters (lactones) is 1. The molecular weight excluding hydrogens is 600 g/mol. The molecule has 0 saturated carbocycles. The van der Waals surface area contributed by atoms with Gasteiger partial charge in [-0.2, -0.15) is 0 Å². The fourth-order valence-corrected chi connectivity index (χ4v) is 7.47. The fourth-order valence-electron chi connectivity index (χ4n) is 7.47. The van der Waals surface area contributed by atoms with Crippen LogP contribution in [0.15, 0.2) is 29.1 Å². The van der Waals surface area contributed by atoms with Crippen molar-refractivity contribution < 1.29 is 42.1 Å². The molecule has 0 radical (unpaired) electrons. The lowest BCUT2D eigenvalue weighted by atomic mass is 9.86. The quantitative estimate of drug-likeness (QED) is 0.313. The van der Waals surface area contributed by atoms with Crippen molar-refractivity contribution >= 4 is 23.0 Å². The second kappa shape index (κ2) is 12.7. The molecule has 45 heavy (non-hydrogen) atoms. The van der Waals surface area contributed by atoms with Gasteiger partial charge in [-0.1, -0.05) is 20.3 Å². The van der Waals surface area contributed by atoms with Crippen LogP contribution in [0, 0.1) is 0 Å². The van der Waals surface area contributed by atoms with Gasteiger partial charge in [-0.25, -0.2) is 14.6 Å². The number of carbonyl (C=O) groups is 2. The number of aryl methyl sites for hydroxylation is 1. The van der Waals surface area contributed by atoms with Crippen LogP contribution in [-0.2, 0) is 34.7 Å². The number of hydrogen-bond donors (Lipinski definition) is 1. The average Bonchev–Trinajstić information content (AvgIpc) is 3.41. The number of halogens is 1. The maximum absolute atomic E-state index is 13.6. The molecule has 1 aromatic carbocycles. The number of benzene rings is 1. The minimum Gasteiger partial charge on any atom is -1.00 e. The van der Waals surface area contributed by atoms with Crippen LogP contribution in [0.2, 0.25) is 0 Å². The lowest BCUT2D eigenvalue weighted by Crippen LogP contribution is -3.00. The van der Waals surface area contributed by atoms with Crippen molar-refractivity contribution in [1.82, 2.24) is 19.4 Å². The fraction of sp³-hybridized carbons (Fsp3) is 0.515. The number of ether oxygens (including phenoxy) is 2. The molecule has 12 heteroatoms. The van der Waals surface area contributed by atoms with Gasteiger partial charge in [-0.15, -0.1) is 0 Å². The van der Waals surface area contributed by atoms with E-state index in [0.29, 0.717) is 60.4 Å². The SMILES string of the molecule is CCc1c2c(nc3ccc(OC(=O)N4CCC(N5CCCCC5)CC4)cc13)-c1cc3c(c(=O)n1C2)COC(=O)[C@]3(O)CC.O.[Cl-]. The van der Waals surface area contributed by atoms with Crippen molar-refractivity contribution in [2.75, 3.05) is 26.2 Å². The number of rotatable bonds is 4. The largest absolute Gasteiger partial charge is 1.00 e. The molecule has 2 aromatic heterocycles. The second-order valence-electron chi connectivity index (χ2n) is 12.2. The maximum atomic E-state index is 13.6. The predicted octanol–water partition coefficient (Wildman–Crippen LogP) is 0.270. The number of aromatic nitrogens is 2. The molecule has 0 bridgehead atoms. The van der Waals surface area contributed by atoms with Gasteiger partial charge in [0.2, 0.25) is 0 Å². The molecular formula is C33H40ClN4O7-. The molecule has 4 aliphatic rings. The average molecular weight is 640 g/mol. The third-order valence-corrected chi connectivity index (χ3v) is 9.97. The molecule has 0 unspecified atom stereocenters. The Labute approximate surface area is 267 Å². The van der Waals surface area contributed by atoms with Gasteiger partial charge in [0, 0.05) is 35.6 Å². The van der Waals surface area contributed by atoms with Crippen molar-refractivity contribution in [3.63, 3.8) is 0 Å². The van der Waals surface area contributed by atoms with Crippen LogP contribution in [0.5, 0.6) is 5.75 Å². The normalized spacial score (nSPS) is 21.2. The molecule has 4 aliphatic heterocycles. The van der Waals surface area contributed by atoms with Gasteiger partial charge in [0.1, 0.15) is 12.4 Å². The summed E-state index contributed by atoms with van der Waals surface area (Å²) in [7, 11) is 0. The van der Waals surface area contributed by atoms with E-state index in [9.17, 15) is 19.5 Å². The third-order valence-electron chi connectivity index (χ3n) is 9.97. The number of aliphatic hydroxyl groups is 1. The molecule has 0 aliphatic carbocycles. The van der Waals surface area contributed by atoms with E-state index in [1.54, 1.807) is 23.6 Å². The van der Waals surface area contributed by atoms with Crippen molar-refractivity contribution in [2.24, 2.45) is 0 Å². The first-order valence-corrected chi connectivity index (χ1v) is 15.7. The topological polar surface area (TPSA) is 146 Å². The number of fused-ring (bicyclic) bond motifs is 5. The highest BCUT2D eigenvalue weighted by molar-refractivity contribution is 5.90. The Hall–Kier alpha value is -3.51. The van der Waals surface area contributed by atoms with E-state index in [0.717, 1.165) is 34.9 Å². The molecule has 242 valence electrons. The van der Waals surface area contributed by atoms with E-state index in [1.165, 1.54) is 32.4 Å². The van der Waals surface area contributed by atoms with Gasteiger partial charge in [-0.3, -0.25) is 4.79 Å². The summed E-state index contributed by atoms with van der Waals surface area (Å²) in [4.78, 5) is 48.5. The molecule has 7 rings (SSSR count). The molecule has 11 nitrogen and oxygen atoms in total. The Morgan fingerprint density at radius 1 is 1.07 bits per heavy atom.